The Morgan fingerprint density at radius 3 is 2.48 bits per heavy atom. The number of nitriles is 1. The molecule has 25 heavy (non-hydrogen) atoms. The highest BCUT2D eigenvalue weighted by Crippen LogP contribution is 2.31. The maximum absolute atomic E-state index is 9.53. The molecule has 1 aromatic carbocycles. The van der Waals surface area contributed by atoms with Crippen LogP contribution in [0.2, 0.25) is 10.0 Å². The fourth-order valence-corrected chi connectivity index (χ4v) is 2.66. The van der Waals surface area contributed by atoms with Gasteiger partial charge in [-0.15, -0.1) is 0 Å². The van der Waals surface area contributed by atoms with E-state index >= 15 is 0 Å². The number of halogens is 2. The molecule has 0 bridgehead atoms. The Labute approximate surface area is 152 Å². The van der Waals surface area contributed by atoms with Crippen molar-refractivity contribution in [2.75, 3.05) is 17.7 Å². The predicted molar refractivity (Wildman–Crippen MR) is 92.7 cm³/mol. The Morgan fingerprint density at radius 2 is 1.88 bits per heavy atom. The maximum Gasteiger partial charge on any atom is 0.258 e. The van der Waals surface area contributed by atoms with Gasteiger partial charge in [-0.2, -0.15) is 30.0 Å². The molecule has 11 heteroatoms. The smallest absolute Gasteiger partial charge is 0.258 e. The molecule has 0 radical (unpaired) electrons. The minimum atomic E-state index is -0.850. The van der Waals surface area contributed by atoms with Gasteiger partial charge in [-0.05, 0) is 12.1 Å². The van der Waals surface area contributed by atoms with E-state index in [9.17, 15) is 5.26 Å². The standard InChI is InChI=1S/C14H11Cl2N9/c1-18-12-22-13(24-14(23-12)25-7-19-6-20-25)21-10(5-17)11-8(15)3-2-4-9(11)16/h2-4,6-7,10H,1H3,(H2,18,21,22,23,24). The van der Waals surface area contributed by atoms with Gasteiger partial charge >= 0.3 is 0 Å². The highest BCUT2D eigenvalue weighted by Gasteiger charge is 2.19. The van der Waals surface area contributed by atoms with Crippen LogP contribution in [0.25, 0.3) is 5.95 Å². The molecule has 0 aliphatic heterocycles. The molecule has 2 heterocycles. The number of rotatable bonds is 5. The van der Waals surface area contributed by atoms with Gasteiger partial charge in [-0.25, -0.2) is 4.98 Å². The second kappa shape index (κ2) is 7.29. The Bertz CT molecular complexity index is 900. The number of benzene rings is 1. The molecule has 0 fully saturated rings. The van der Waals surface area contributed by atoms with Gasteiger partial charge in [0.1, 0.15) is 18.7 Å². The fraction of sp³-hybridized carbons (Fsp3) is 0.143. The number of hydrogen-bond acceptors (Lipinski definition) is 8. The van der Waals surface area contributed by atoms with Crippen molar-refractivity contribution in [3.8, 4) is 12.0 Å². The Kier molecular flexibility index (Phi) is 4.92. The van der Waals surface area contributed by atoms with Crippen molar-refractivity contribution in [2.45, 2.75) is 6.04 Å². The lowest BCUT2D eigenvalue weighted by atomic mass is 10.1. The normalized spacial score (nSPS) is 11.6. The van der Waals surface area contributed by atoms with Gasteiger partial charge in [-0.3, -0.25) is 0 Å². The summed E-state index contributed by atoms with van der Waals surface area (Å²) in [5.74, 6) is 0.693. The Hall–Kier alpha value is -2.96. The zero-order chi connectivity index (χ0) is 17.8. The monoisotopic (exact) mass is 375 g/mol. The van der Waals surface area contributed by atoms with Crippen LogP contribution in [0.15, 0.2) is 30.9 Å². The fourth-order valence-electron chi connectivity index (χ4n) is 2.04. The summed E-state index contributed by atoms with van der Waals surface area (Å²) in [5.41, 5.74) is 0.446. The number of aromatic nitrogens is 6. The molecule has 1 unspecified atom stereocenters. The van der Waals surface area contributed by atoms with Crippen LogP contribution < -0.4 is 10.6 Å². The first-order chi connectivity index (χ1) is 12.1. The van der Waals surface area contributed by atoms with E-state index in [4.69, 9.17) is 23.2 Å². The summed E-state index contributed by atoms with van der Waals surface area (Å²) >= 11 is 12.4. The van der Waals surface area contributed by atoms with Gasteiger partial charge in [0, 0.05) is 22.7 Å². The summed E-state index contributed by atoms with van der Waals surface area (Å²) < 4.78 is 1.37. The number of anilines is 2. The van der Waals surface area contributed by atoms with Crippen LogP contribution in [0.1, 0.15) is 11.6 Å². The quantitative estimate of drug-likeness (QED) is 0.697. The molecule has 0 aliphatic rings. The molecular weight excluding hydrogens is 365 g/mol. The van der Waals surface area contributed by atoms with Crippen molar-refractivity contribution >= 4 is 35.1 Å². The molecular formula is C14H11Cl2N9. The van der Waals surface area contributed by atoms with Crippen LogP contribution in [-0.2, 0) is 0 Å². The van der Waals surface area contributed by atoms with Gasteiger partial charge in [0.25, 0.3) is 5.95 Å². The Morgan fingerprint density at radius 1 is 1.16 bits per heavy atom. The van der Waals surface area contributed by atoms with Crippen LogP contribution in [-0.4, -0.2) is 36.8 Å². The largest absolute Gasteiger partial charge is 0.357 e. The second-order valence-corrected chi connectivity index (χ2v) is 5.53. The SMILES string of the molecule is CNc1nc(NC(C#N)c2c(Cl)cccc2Cl)nc(-n2cncn2)n1. The van der Waals surface area contributed by atoms with Crippen molar-refractivity contribution in [3.05, 3.63) is 46.5 Å². The molecule has 3 aromatic rings. The summed E-state index contributed by atoms with van der Waals surface area (Å²) in [5, 5.41) is 20.0. The molecule has 3 rings (SSSR count). The molecule has 0 spiro atoms. The van der Waals surface area contributed by atoms with Crippen LogP contribution >= 0.6 is 23.2 Å². The topological polar surface area (TPSA) is 117 Å². The van der Waals surface area contributed by atoms with Crippen molar-refractivity contribution in [1.82, 2.24) is 29.7 Å². The van der Waals surface area contributed by atoms with Crippen LogP contribution in [0, 0.1) is 11.3 Å². The number of nitrogens with one attached hydrogen (secondary N) is 2. The van der Waals surface area contributed by atoms with Gasteiger partial charge in [0.2, 0.25) is 11.9 Å². The second-order valence-electron chi connectivity index (χ2n) is 4.71. The molecule has 9 nitrogen and oxygen atoms in total. The van der Waals surface area contributed by atoms with Crippen molar-refractivity contribution in [3.63, 3.8) is 0 Å². The van der Waals surface area contributed by atoms with Gasteiger partial charge in [0.05, 0.1) is 6.07 Å². The van der Waals surface area contributed by atoms with Crippen molar-refractivity contribution in [2.24, 2.45) is 0 Å². The third kappa shape index (κ3) is 3.60. The van der Waals surface area contributed by atoms with E-state index in [1.165, 1.54) is 17.3 Å². The van der Waals surface area contributed by atoms with E-state index in [0.717, 1.165) is 0 Å². The summed E-state index contributed by atoms with van der Waals surface area (Å²) in [6.07, 6.45) is 2.81. The minimum Gasteiger partial charge on any atom is -0.357 e. The van der Waals surface area contributed by atoms with Crippen LogP contribution in [0.3, 0.4) is 0 Å². The van der Waals surface area contributed by atoms with Crippen LogP contribution in [0.5, 0.6) is 0 Å². The third-order valence-electron chi connectivity index (χ3n) is 3.16. The van der Waals surface area contributed by atoms with E-state index < -0.39 is 6.04 Å². The zero-order valence-electron chi connectivity index (χ0n) is 12.9. The van der Waals surface area contributed by atoms with E-state index in [2.05, 4.69) is 41.7 Å². The molecule has 126 valence electrons. The molecule has 0 saturated carbocycles. The summed E-state index contributed by atoms with van der Waals surface area (Å²) in [6.45, 7) is 0. The summed E-state index contributed by atoms with van der Waals surface area (Å²) in [4.78, 5) is 16.5. The average Bonchev–Trinajstić information content (AvgIpc) is 3.15. The molecule has 2 N–H and O–H groups in total. The molecule has 1 atom stereocenters. The predicted octanol–water partition coefficient (Wildman–Crippen LogP) is 2.48. The lowest BCUT2D eigenvalue weighted by molar-refractivity contribution is 0.792. The molecule has 0 aliphatic carbocycles. The average molecular weight is 376 g/mol. The van der Waals surface area contributed by atoms with E-state index in [1.54, 1.807) is 25.2 Å². The van der Waals surface area contributed by atoms with E-state index in [-0.39, 0.29) is 11.9 Å². The first-order valence-electron chi connectivity index (χ1n) is 7.01. The van der Waals surface area contributed by atoms with Crippen molar-refractivity contribution < 1.29 is 0 Å². The van der Waals surface area contributed by atoms with Crippen molar-refractivity contribution in [1.29, 1.82) is 5.26 Å². The lowest BCUT2D eigenvalue weighted by Crippen LogP contribution is -2.15. The number of nitrogens with zero attached hydrogens (tertiary/aromatic N) is 7. The van der Waals surface area contributed by atoms with E-state index in [1.807, 2.05) is 0 Å². The lowest BCUT2D eigenvalue weighted by Gasteiger charge is -2.15. The third-order valence-corrected chi connectivity index (χ3v) is 3.82. The van der Waals surface area contributed by atoms with Crippen LogP contribution in [0.4, 0.5) is 11.9 Å². The highest BCUT2D eigenvalue weighted by atomic mass is 35.5. The Balaban J connectivity index is 1.99. The first-order valence-corrected chi connectivity index (χ1v) is 7.77. The minimum absolute atomic E-state index is 0.160. The molecule has 0 saturated heterocycles. The molecule has 0 amide bonds. The van der Waals surface area contributed by atoms with Gasteiger partial charge < -0.3 is 10.6 Å². The zero-order valence-corrected chi connectivity index (χ0v) is 14.4. The molecule has 2 aromatic heterocycles. The summed E-state index contributed by atoms with van der Waals surface area (Å²) in [7, 11) is 1.66. The summed E-state index contributed by atoms with van der Waals surface area (Å²) in [6, 6.07) is 6.27. The first kappa shape index (κ1) is 16.9. The number of hydrogen-bond donors (Lipinski definition) is 2. The van der Waals surface area contributed by atoms with Gasteiger partial charge in [0.15, 0.2) is 0 Å². The van der Waals surface area contributed by atoms with Gasteiger partial charge in [-0.1, -0.05) is 29.3 Å². The van der Waals surface area contributed by atoms with E-state index in [0.29, 0.717) is 21.6 Å². The maximum atomic E-state index is 9.53. The highest BCUT2D eigenvalue weighted by molar-refractivity contribution is 6.36.